The van der Waals surface area contributed by atoms with Crippen molar-refractivity contribution in [3.8, 4) is 0 Å². The van der Waals surface area contributed by atoms with Gasteiger partial charge in [0.25, 0.3) is 5.56 Å². The Hall–Kier alpha value is -4.59. The first-order valence-electron chi connectivity index (χ1n) is 12.6. The summed E-state index contributed by atoms with van der Waals surface area (Å²) >= 11 is 7.39. The van der Waals surface area contributed by atoms with Crippen LogP contribution >= 0.6 is 22.9 Å². The maximum Gasteiger partial charge on any atom is 0.271 e. The highest BCUT2D eigenvalue weighted by Crippen LogP contribution is 2.43. The number of fused-ring (bicyclic) bond motifs is 3. The van der Waals surface area contributed by atoms with E-state index >= 15 is 0 Å². The molecule has 40 heavy (non-hydrogen) atoms. The number of anilines is 1. The predicted octanol–water partition coefficient (Wildman–Crippen LogP) is 5.99. The first-order chi connectivity index (χ1) is 19.6. The van der Waals surface area contributed by atoms with Crippen LogP contribution in [0.2, 0.25) is 5.02 Å². The van der Waals surface area contributed by atoms with E-state index in [0.717, 1.165) is 39.2 Å². The van der Waals surface area contributed by atoms with Gasteiger partial charge in [-0.15, -0.1) is 0 Å². The summed E-state index contributed by atoms with van der Waals surface area (Å²) < 4.78 is 16.3. The Morgan fingerprint density at radius 3 is 2.35 bits per heavy atom. The molecule has 5 aromatic rings. The maximum absolute atomic E-state index is 14.0. The van der Waals surface area contributed by atoms with Crippen LogP contribution in [0, 0.1) is 5.82 Å². The Bertz CT molecular complexity index is 2010. The standard InChI is InChI=1S/C32H20ClFN4OS/c33-21-14-10-19(11-15-21)18-26-31(39)38-30(20-12-16-22(34)17-13-20)27-28(35-32(38)40-26)24-8-4-5-9-25(24)29(27)37-36-23-6-2-1-3-7-23/h1-18,30,36H/b26-18+,37-29+. The average Bonchev–Trinajstić information content (AvgIpc) is 3.46. The lowest BCUT2D eigenvalue weighted by molar-refractivity contribution is 0.613. The molecule has 4 aromatic carbocycles. The Morgan fingerprint density at radius 1 is 0.900 bits per heavy atom. The molecule has 0 saturated heterocycles. The molecule has 0 bridgehead atoms. The van der Waals surface area contributed by atoms with Gasteiger partial charge >= 0.3 is 0 Å². The summed E-state index contributed by atoms with van der Waals surface area (Å²) in [6.07, 6.45) is 1.84. The zero-order valence-corrected chi connectivity index (χ0v) is 22.5. The number of hydrogen-bond acceptors (Lipinski definition) is 5. The van der Waals surface area contributed by atoms with Crippen LogP contribution in [0.1, 0.15) is 28.3 Å². The fourth-order valence-electron chi connectivity index (χ4n) is 5.12. The molecule has 8 heteroatoms. The topological polar surface area (TPSA) is 58.8 Å². The summed E-state index contributed by atoms with van der Waals surface area (Å²) in [5, 5.41) is 5.47. The summed E-state index contributed by atoms with van der Waals surface area (Å²) in [6, 6.07) is 30.7. The molecule has 7 rings (SSSR count). The molecule has 5 nitrogen and oxygen atoms in total. The van der Waals surface area contributed by atoms with Crippen LogP contribution in [0.5, 0.6) is 0 Å². The first-order valence-corrected chi connectivity index (χ1v) is 13.8. The van der Waals surface area contributed by atoms with Crippen molar-refractivity contribution in [2.75, 3.05) is 5.43 Å². The molecule has 0 amide bonds. The van der Waals surface area contributed by atoms with Crippen molar-refractivity contribution in [1.29, 1.82) is 0 Å². The molecule has 0 saturated carbocycles. The molecule has 1 aromatic heterocycles. The second kappa shape index (κ2) is 9.86. The number of benzene rings is 4. The van der Waals surface area contributed by atoms with Crippen LogP contribution < -0.4 is 20.3 Å². The summed E-state index contributed by atoms with van der Waals surface area (Å²) in [5.41, 5.74) is 9.57. The number of nitrogens with zero attached hydrogens (tertiary/aromatic N) is 3. The maximum atomic E-state index is 14.0. The van der Waals surface area contributed by atoms with Gasteiger partial charge in [-0.25, -0.2) is 9.38 Å². The Balaban J connectivity index is 1.47. The molecule has 1 N–H and O–H groups in total. The summed E-state index contributed by atoms with van der Waals surface area (Å²) in [4.78, 5) is 19.6. The molecular weight excluding hydrogens is 543 g/mol. The predicted molar refractivity (Wildman–Crippen MR) is 159 cm³/mol. The van der Waals surface area contributed by atoms with Crippen LogP contribution in [-0.4, -0.2) is 10.3 Å². The largest absolute Gasteiger partial charge is 0.278 e. The number of hydrogen-bond donors (Lipinski definition) is 1. The SMILES string of the molecule is O=c1/c(=C\c2ccc(Cl)cc2)sc2n1C(c1ccc(F)cc1)C1=C(N=2)c2ccccc2/C1=N\Nc1ccccc1. The molecule has 0 fully saturated rings. The van der Waals surface area contributed by atoms with Gasteiger partial charge in [0.15, 0.2) is 4.80 Å². The van der Waals surface area contributed by atoms with E-state index in [-0.39, 0.29) is 11.4 Å². The second-order valence-electron chi connectivity index (χ2n) is 9.43. The van der Waals surface area contributed by atoms with Gasteiger partial charge in [-0.05, 0) is 53.6 Å². The van der Waals surface area contributed by atoms with E-state index in [9.17, 15) is 9.18 Å². The van der Waals surface area contributed by atoms with Crippen molar-refractivity contribution in [2.24, 2.45) is 10.1 Å². The van der Waals surface area contributed by atoms with Gasteiger partial charge < -0.3 is 0 Å². The lowest BCUT2D eigenvalue weighted by Crippen LogP contribution is -2.38. The monoisotopic (exact) mass is 562 g/mol. The molecule has 0 spiro atoms. The molecular formula is C32H20ClFN4OS. The first kappa shape index (κ1) is 24.5. The average molecular weight is 563 g/mol. The molecule has 1 unspecified atom stereocenters. The number of allylic oxidation sites excluding steroid dienone is 1. The number of halogens is 2. The molecule has 2 heterocycles. The zero-order valence-electron chi connectivity index (χ0n) is 20.9. The molecule has 0 radical (unpaired) electrons. The van der Waals surface area contributed by atoms with Crippen molar-refractivity contribution >= 4 is 46.1 Å². The summed E-state index contributed by atoms with van der Waals surface area (Å²) in [5.74, 6) is -0.345. The van der Waals surface area contributed by atoms with E-state index in [1.807, 2.05) is 72.8 Å². The number of para-hydroxylation sites is 1. The van der Waals surface area contributed by atoms with Crippen molar-refractivity contribution in [3.05, 3.63) is 161 Å². The van der Waals surface area contributed by atoms with E-state index in [1.165, 1.54) is 23.5 Å². The van der Waals surface area contributed by atoms with Crippen LogP contribution in [-0.2, 0) is 0 Å². The minimum Gasteiger partial charge on any atom is -0.278 e. The fourth-order valence-corrected chi connectivity index (χ4v) is 6.25. The number of aromatic nitrogens is 1. The van der Waals surface area contributed by atoms with E-state index < -0.39 is 6.04 Å². The number of rotatable bonds is 4. The van der Waals surface area contributed by atoms with Gasteiger partial charge in [0.05, 0.1) is 27.7 Å². The van der Waals surface area contributed by atoms with E-state index in [4.69, 9.17) is 21.7 Å². The lowest BCUT2D eigenvalue weighted by atomic mass is 9.94. The minimum absolute atomic E-state index is 0.175. The third-order valence-corrected chi connectivity index (χ3v) is 8.18. The molecule has 2 aliphatic rings. The van der Waals surface area contributed by atoms with Gasteiger partial charge in [0, 0.05) is 21.7 Å². The third kappa shape index (κ3) is 4.20. The molecule has 1 atom stereocenters. The van der Waals surface area contributed by atoms with Crippen LogP contribution in [0.25, 0.3) is 11.8 Å². The second-order valence-corrected chi connectivity index (χ2v) is 10.9. The van der Waals surface area contributed by atoms with Crippen molar-refractivity contribution < 1.29 is 4.39 Å². The molecule has 194 valence electrons. The Kier molecular flexibility index (Phi) is 6.03. The van der Waals surface area contributed by atoms with Crippen molar-refractivity contribution in [1.82, 2.24) is 4.57 Å². The van der Waals surface area contributed by atoms with Crippen molar-refractivity contribution in [2.45, 2.75) is 6.04 Å². The highest BCUT2D eigenvalue weighted by molar-refractivity contribution is 7.07. The minimum atomic E-state index is -0.553. The smallest absolute Gasteiger partial charge is 0.271 e. The summed E-state index contributed by atoms with van der Waals surface area (Å²) in [7, 11) is 0. The van der Waals surface area contributed by atoms with E-state index in [1.54, 1.807) is 28.8 Å². The number of thiazole rings is 1. The van der Waals surface area contributed by atoms with Gasteiger partial charge in [-0.3, -0.25) is 14.8 Å². The lowest BCUT2D eigenvalue weighted by Gasteiger charge is -2.24. The van der Waals surface area contributed by atoms with Crippen LogP contribution in [0.3, 0.4) is 0 Å². The molecule has 1 aliphatic heterocycles. The normalized spacial score (nSPS) is 16.9. The highest BCUT2D eigenvalue weighted by atomic mass is 35.5. The number of nitrogens with one attached hydrogen (secondary N) is 1. The van der Waals surface area contributed by atoms with Gasteiger partial charge in [0.2, 0.25) is 0 Å². The van der Waals surface area contributed by atoms with Crippen LogP contribution in [0.4, 0.5) is 10.1 Å². The third-order valence-electron chi connectivity index (χ3n) is 6.95. The Morgan fingerprint density at radius 2 is 1.60 bits per heavy atom. The van der Waals surface area contributed by atoms with Gasteiger partial charge in [0.1, 0.15) is 5.82 Å². The van der Waals surface area contributed by atoms with Gasteiger partial charge in [-0.2, -0.15) is 5.10 Å². The van der Waals surface area contributed by atoms with Gasteiger partial charge in [-0.1, -0.05) is 89.7 Å². The van der Waals surface area contributed by atoms with Crippen LogP contribution in [0.15, 0.2) is 124 Å². The summed E-state index contributed by atoms with van der Waals surface area (Å²) in [6.45, 7) is 0. The number of hydrazone groups is 1. The van der Waals surface area contributed by atoms with E-state index in [0.29, 0.717) is 20.1 Å². The highest BCUT2D eigenvalue weighted by Gasteiger charge is 2.38. The fraction of sp³-hybridized carbons (Fsp3) is 0.0312. The molecule has 1 aliphatic carbocycles. The van der Waals surface area contributed by atoms with Crippen molar-refractivity contribution in [3.63, 3.8) is 0 Å². The zero-order chi connectivity index (χ0) is 27.2. The van der Waals surface area contributed by atoms with E-state index in [2.05, 4.69) is 5.43 Å². The Labute approximate surface area is 237 Å². The quantitative estimate of drug-likeness (QED) is 0.273.